The van der Waals surface area contributed by atoms with Gasteiger partial charge in [0.2, 0.25) is 5.13 Å². The summed E-state index contributed by atoms with van der Waals surface area (Å²) in [7, 11) is 0. The molecule has 9 heteroatoms. The number of azo groups is 1. The van der Waals surface area contributed by atoms with E-state index >= 15 is 0 Å². The number of nitrogens with zero attached hydrogens (tertiary/aromatic N) is 4. The number of rotatable bonds is 3. The van der Waals surface area contributed by atoms with E-state index in [1.54, 1.807) is 20.8 Å². The third kappa shape index (κ3) is 2.62. The van der Waals surface area contributed by atoms with Gasteiger partial charge in [-0.15, -0.1) is 10.2 Å². The monoisotopic (exact) mass is 322 g/mol. The van der Waals surface area contributed by atoms with Gasteiger partial charge >= 0.3 is 5.00 Å². The van der Waals surface area contributed by atoms with E-state index in [4.69, 9.17) is 0 Å². The average Bonchev–Trinajstić information content (AvgIpc) is 2.84. The molecule has 0 atom stereocenters. The number of thiazole rings is 1. The fourth-order valence-electron chi connectivity index (χ4n) is 1.91. The van der Waals surface area contributed by atoms with Crippen LogP contribution in [0.1, 0.15) is 22.4 Å². The number of phenols is 2. The Morgan fingerprint density at radius 1 is 1.05 bits per heavy atom. The second-order valence-electron chi connectivity index (χ2n) is 4.76. The predicted octanol–water partition coefficient (Wildman–Crippen LogP) is 4.11. The maximum atomic E-state index is 10.8. The van der Waals surface area contributed by atoms with Crippen LogP contribution in [0.5, 0.6) is 11.5 Å². The molecular weight excluding hydrogens is 308 g/mol. The molecule has 2 N–H and O–H groups in total. The van der Waals surface area contributed by atoms with Crippen LogP contribution in [0.4, 0.5) is 15.8 Å². The topological polar surface area (TPSA) is 121 Å². The van der Waals surface area contributed by atoms with Crippen LogP contribution in [0, 0.1) is 37.8 Å². The van der Waals surface area contributed by atoms with Gasteiger partial charge in [0.15, 0.2) is 0 Å². The lowest BCUT2D eigenvalue weighted by Crippen LogP contribution is -1.88. The molecule has 0 saturated heterocycles. The largest absolute Gasteiger partial charge is 0.507 e. The quantitative estimate of drug-likeness (QED) is 0.500. The molecule has 8 nitrogen and oxygen atoms in total. The van der Waals surface area contributed by atoms with Gasteiger partial charge in [0.1, 0.15) is 22.9 Å². The van der Waals surface area contributed by atoms with E-state index in [1.807, 2.05) is 0 Å². The van der Waals surface area contributed by atoms with Gasteiger partial charge < -0.3 is 10.2 Å². The van der Waals surface area contributed by atoms with Crippen molar-refractivity contribution in [3.63, 3.8) is 0 Å². The minimum absolute atomic E-state index is 0.00896. The summed E-state index contributed by atoms with van der Waals surface area (Å²) in [5.41, 5.74) is 1.95. The molecule has 0 aliphatic heterocycles. The predicted molar refractivity (Wildman–Crippen MR) is 81.7 cm³/mol. The van der Waals surface area contributed by atoms with Crippen molar-refractivity contribution in [3.05, 3.63) is 32.5 Å². The average molecular weight is 322 g/mol. The molecule has 0 spiro atoms. The normalized spacial score (nSPS) is 11.3. The summed E-state index contributed by atoms with van der Waals surface area (Å²) in [6, 6.07) is 0. The molecule has 2 aromatic rings. The summed E-state index contributed by atoms with van der Waals surface area (Å²) in [4.78, 5) is 14.2. The van der Waals surface area contributed by atoms with Crippen LogP contribution in [0.25, 0.3) is 0 Å². The fourth-order valence-corrected chi connectivity index (χ4v) is 2.61. The minimum Gasteiger partial charge on any atom is -0.507 e. The molecule has 0 saturated carbocycles. The van der Waals surface area contributed by atoms with Crippen molar-refractivity contribution in [3.8, 4) is 11.5 Å². The van der Waals surface area contributed by atoms with Crippen LogP contribution < -0.4 is 0 Å². The molecular formula is C13H14N4O4S. The summed E-state index contributed by atoms with van der Waals surface area (Å²) < 4.78 is 0. The van der Waals surface area contributed by atoms with Gasteiger partial charge in [-0.25, -0.2) is 4.98 Å². The first kappa shape index (κ1) is 15.8. The smallest absolute Gasteiger partial charge is 0.348 e. The molecule has 0 aliphatic rings. The Labute approximate surface area is 129 Å². The highest BCUT2D eigenvalue weighted by Crippen LogP contribution is 2.42. The zero-order chi connectivity index (χ0) is 16.6. The molecule has 1 aromatic carbocycles. The van der Waals surface area contributed by atoms with E-state index in [9.17, 15) is 20.3 Å². The van der Waals surface area contributed by atoms with Crippen molar-refractivity contribution in [1.82, 2.24) is 4.98 Å². The van der Waals surface area contributed by atoms with Crippen LogP contribution in [0.2, 0.25) is 0 Å². The zero-order valence-corrected chi connectivity index (χ0v) is 13.2. The maximum absolute atomic E-state index is 10.8. The molecule has 2 rings (SSSR count). The van der Waals surface area contributed by atoms with Crippen molar-refractivity contribution in [2.75, 3.05) is 0 Å². The van der Waals surface area contributed by atoms with Crippen molar-refractivity contribution in [2.45, 2.75) is 27.7 Å². The van der Waals surface area contributed by atoms with E-state index < -0.39 is 4.92 Å². The standard InChI is InChI=1S/C13H14N4O4S/c1-5-6(2)10(18)7(3)11(19)9(5)15-16-13-14-8(4)12(22-13)17(20)21/h18-19H,1-4H3. The molecule has 0 aliphatic carbocycles. The lowest BCUT2D eigenvalue weighted by atomic mass is 10.0. The highest BCUT2D eigenvalue weighted by atomic mass is 32.1. The Bertz CT molecular complexity index is 769. The number of hydrogen-bond donors (Lipinski definition) is 2. The third-order valence-corrected chi connectivity index (χ3v) is 4.36. The molecule has 0 fully saturated rings. The number of aromatic nitrogens is 1. The van der Waals surface area contributed by atoms with Gasteiger partial charge in [0.25, 0.3) is 0 Å². The summed E-state index contributed by atoms with van der Waals surface area (Å²) in [5, 5.41) is 38.6. The lowest BCUT2D eigenvalue weighted by Gasteiger charge is -2.11. The van der Waals surface area contributed by atoms with E-state index in [0.717, 1.165) is 11.3 Å². The molecule has 0 radical (unpaired) electrons. The van der Waals surface area contributed by atoms with E-state index in [0.29, 0.717) is 16.7 Å². The van der Waals surface area contributed by atoms with Gasteiger partial charge in [-0.1, -0.05) is 0 Å². The molecule has 1 heterocycles. The fraction of sp³-hybridized carbons (Fsp3) is 0.308. The van der Waals surface area contributed by atoms with Gasteiger partial charge in [-0.3, -0.25) is 10.1 Å². The number of hydrogen-bond acceptors (Lipinski definition) is 8. The summed E-state index contributed by atoms with van der Waals surface area (Å²) in [6.07, 6.45) is 0. The molecule has 0 amide bonds. The van der Waals surface area contributed by atoms with Gasteiger partial charge in [0, 0.05) is 5.56 Å². The molecule has 116 valence electrons. The van der Waals surface area contributed by atoms with Gasteiger partial charge in [-0.2, -0.15) is 0 Å². The van der Waals surface area contributed by atoms with Crippen molar-refractivity contribution < 1.29 is 15.1 Å². The minimum atomic E-state index is -0.524. The van der Waals surface area contributed by atoms with Gasteiger partial charge in [-0.05, 0) is 50.2 Å². The summed E-state index contributed by atoms with van der Waals surface area (Å²) >= 11 is 0.808. The number of aryl methyl sites for hydroxylation is 1. The highest BCUT2D eigenvalue weighted by Gasteiger charge is 2.19. The van der Waals surface area contributed by atoms with Crippen molar-refractivity contribution in [2.24, 2.45) is 10.2 Å². The number of benzene rings is 1. The van der Waals surface area contributed by atoms with Crippen LogP contribution in [-0.4, -0.2) is 20.1 Å². The van der Waals surface area contributed by atoms with Crippen LogP contribution >= 0.6 is 11.3 Å². The lowest BCUT2D eigenvalue weighted by molar-refractivity contribution is -0.380. The van der Waals surface area contributed by atoms with E-state index in [1.165, 1.54) is 6.92 Å². The third-order valence-electron chi connectivity index (χ3n) is 3.37. The second kappa shape index (κ2) is 5.68. The van der Waals surface area contributed by atoms with Crippen molar-refractivity contribution >= 4 is 27.2 Å². The Morgan fingerprint density at radius 3 is 2.23 bits per heavy atom. The first-order valence-electron chi connectivity index (χ1n) is 6.29. The zero-order valence-electron chi connectivity index (χ0n) is 12.4. The molecule has 1 aromatic heterocycles. The summed E-state index contributed by atoms with van der Waals surface area (Å²) in [6.45, 7) is 6.48. The Kier molecular flexibility index (Phi) is 4.09. The number of aromatic hydroxyl groups is 2. The van der Waals surface area contributed by atoms with E-state index in [2.05, 4.69) is 15.2 Å². The molecule has 0 unspecified atom stereocenters. The highest BCUT2D eigenvalue weighted by molar-refractivity contribution is 7.18. The van der Waals surface area contributed by atoms with Crippen LogP contribution in [0.15, 0.2) is 10.2 Å². The number of nitro groups is 1. The second-order valence-corrected chi connectivity index (χ2v) is 5.72. The SMILES string of the molecule is Cc1nc(N=Nc2c(C)c(C)c(O)c(C)c2O)sc1[N+](=O)[O-]. The number of phenolic OH excluding ortho intramolecular Hbond substituents is 2. The Balaban J connectivity index is 2.47. The first-order valence-corrected chi connectivity index (χ1v) is 7.11. The summed E-state index contributed by atoms with van der Waals surface area (Å²) in [5.74, 6) is -0.165. The van der Waals surface area contributed by atoms with E-state index in [-0.39, 0.29) is 33.0 Å². The van der Waals surface area contributed by atoms with Crippen LogP contribution in [-0.2, 0) is 0 Å². The van der Waals surface area contributed by atoms with Crippen molar-refractivity contribution in [1.29, 1.82) is 0 Å². The van der Waals surface area contributed by atoms with Gasteiger partial charge in [0.05, 0.1) is 4.92 Å². The van der Waals surface area contributed by atoms with Crippen LogP contribution in [0.3, 0.4) is 0 Å². The Morgan fingerprint density at radius 2 is 1.68 bits per heavy atom. The maximum Gasteiger partial charge on any atom is 0.348 e. The molecule has 0 bridgehead atoms. The Hall–Kier alpha value is -2.55. The first-order chi connectivity index (χ1) is 10.2. The molecule has 22 heavy (non-hydrogen) atoms.